The molecule has 1 heterocycles. The molecule has 0 unspecified atom stereocenters. The van der Waals surface area contributed by atoms with Gasteiger partial charge in [0, 0.05) is 32.0 Å². The number of carboxylic acids is 1. The first kappa shape index (κ1) is 36.2. The van der Waals surface area contributed by atoms with Crippen molar-refractivity contribution >= 4 is 31.5 Å². The van der Waals surface area contributed by atoms with Gasteiger partial charge in [-0.15, -0.1) is 0 Å². The van der Waals surface area contributed by atoms with Crippen LogP contribution in [0.2, 0.25) is 0 Å². The van der Waals surface area contributed by atoms with Gasteiger partial charge < -0.3 is 35.2 Å². The molecule has 0 bridgehead atoms. The van der Waals surface area contributed by atoms with Gasteiger partial charge in [0.1, 0.15) is 5.75 Å². The monoisotopic (exact) mass is 627 g/mol. The molecule has 1 saturated heterocycles. The summed E-state index contributed by atoms with van der Waals surface area (Å²) >= 11 is 0. The van der Waals surface area contributed by atoms with E-state index >= 15 is 0 Å². The topological polar surface area (TPSA) is 192 Å². The maximum absolute atomic E-state index is 12.6. The quantitative estimate of drug-likeness (QED) is 0.106. The van der Waals surface area contributed by atoms with E-state index in [2.05, 4.69) is 15.2 Å². The lowest BCUT2D eigenvalue weighted by molar-refractivity contribution is -0.142. The van der Waals surface area contributed by atoms with Gasteiger partial charge in [0.15, 0.2) is 6.04 Å². The third-order valence-electron chi connectivity index (χ3n) is 7.41. The van der Waals surface area contributed by atoms with Crippen LogP contribution in [0.15, 0.2) is 24.3 Å². The number of amides is 3. The number of aliphatic carboxylic acids is 1. The van der Waals surface area contributed by atoms with Crippen LogP contribution < -0.4 is 15.4 Å². The maximum Gasteiger partial charge on any atom is 0.469 e. The SMILES string of the molecule is COc1ccc(CC(=O)N2CCC(C(=O)NCCCCCCCCCCC(=O)N[C@@H](COP(=O)(O)O)C(=O)O)CC2)cc1. The Balaban J connectivity index is 1.45. The number of nitrogens with one attached hydrogen (secondary N) is 2. The van der Waals surface area contributed by atoms with Crippen molar-refractivity contribution in [3.05, 3.63) is 29.8 Å². The predicted octanol–water partition coefficient (Wildman–Crippen LogP) is 2.78. The number of phosphoric acid groups is 1. The van der Waals surface area contributed by atoms with Crippen molar-refractivity contribution in [2.24, 2.45) is 5.92 Å². The number of ether oxygens (including phenoxy) is 1. The molecule has 1 aromatic rings. The summed E-state index contributed by atoms with van der Waals surface area (Å²) in [4.78, 5) is 67.4. The number of benzene rings is 1. The van der Waals surface area contributed by atoms with Gasteiger partial charge in [-0.2, -0.15) is 0 Å². The van der Waals surface area contributed by atoms with E-state index < -0.39 is 32.3 Å². The van der Waals surface area contributed by atoms with Crippen LogP contribution >= 0.6 is 7.82 Å². The molecular weight excluding hydrogens is 581 g/mol. The molecule has 2 rings (SSSR count). The number of piperidine rings is 1. The van der Waals surface area contributed by atoms with E-state index in [1.165, 1.54) is 0 Å². The van der Waals surface area contributed by atoms with Crippen molar-refractivity contribution in [1.82, 2.24) is 15.5 Å². The van der Waals surface area contributed by atoms with Crippen molar-refractivity contribution in [3.8, 4) is 5.75 Å². The standard InChI is InChI=1S/C29H46N3O10P/c1-41-24-13-11-22(12-14-24)20-27(34)32-18-15-23(16-19-32)28(35)30-17-9-7-5-3-2-4-6-8-10-26(33)31-25(29(36)37)21-42-43(38,39)40/h11-14,23,25H,2-10,15-21H2,1H3,(H,30,35)(H,31,33)(H,36,37)(H2,38,39,40)/t25-/m0/s1. The summed E-state index contributed by atoms with van der Waals surface area (Å²) in [6.07, 6.45) is 9.16. The minimum absolute atomic E-state index is 0.0600. The molecule has 1 fully saturated rings. The Bertz CT molecular complexity index is 1070. The largest absolute Gasteiger partial charge is 0.497 e. The number of hydrogen-bond donors (Lipinski definition) is 5. The number of methoxy groups -OCH3 is 1. The van der Waals surface area contributed by atoms with E-state index in [1.54, 1.807) is 7.11 Å². The van der Waals surface area contributed by atoms with E-state index in [9.17, 15) is 23.7 Å². The van der Waals surface area contributed by atoms with Gasteiger partial charge in [-0.25, -0.2) is 9.36 Å². The molecule has 242 valence electrons. The Kier molecular flexibility index (Phi) is 16.3. The van der Waals surface area contributed by atoms with Crippen molar-refractivity contribution in [2.75, 3.05) is 33.4 Å². The highest BCUT2D eigenvalue weighted by atomic mass is 31.2. The summed E-state index contributed by atoms with van der Waals surface area (Å²) in [7, 11) is -3.22. The second-order valence-corrected chi connectivity index (χ2v) is 12.0. The second-order valence-electron chi connectivity index (χ2n) is 10.8. The highest BCUT2D eigenvalue weighted by Crippen LogP contribution is 2.35. The number of unbranched alkanes of at least 4 members (excludes halogenated alkanes) is 7. The van der Waals surface area contributed by atoms with Gasteiger partial charge in [-0.1, -0.05) is 50.7 Å². The van der Waals surface area contributed by atoms with Crippen molar-refractivity contribution < 1.29 is 47.9 Å². The van der Waals surface area contributed by atoms with Crippen LogP contribution in [0, 0.1) is 5.92 Å². The first-order valence-electron chi connectivity index (χ1n) is 14.9. The molecule has 43 heavy (non-hydrogen) atoms. The van der Waals surface area contributed by atoms with Crippen LogP contribution in [0.5, 0.6) is 5.75 Å². The number of nitrogens with zero attached hydrogens (tertiary/aromatic N) is 1. The number of phosphoric ester groups is 1. The summed E-state index contributed by atoms with van der Waals surface area (Å²) in [6.45, 7) is 1.01. The molecule has 0 saturated carbocycles. The van der Waals surface area contributed by atoms with E-state index in [0.717, 1.165) is 56.3 Å². The lowest BCUT2D eigenvalue weighted by Gasteiger charge is -2.31. The molecule has 13 nitrogen and oxygen atoms in total. The summed E-state index contributed by atoms with van der Waals surface area (Å²) < 4.78 is 20.0. The van der Waals surface area contributed by atoms with Crippen molar-refractivity contribution in [2.45, 2.75) is 83.1 Å². The van der Waals surface area contributed by atoms with Crippen LogP contribution in [0.1, 0.15) is 76.2 Å². The number of rotatable bonds is 20. The van der Waals surface area contributed by atoms with E-state index in [-0.39, 0.29) is 24.2 Å². The van der Waals surface area contributed by atoms with Crippen molar-refractivity contribution in [3.63, 3.8) is 0 Å². The van der Waals surface area contributed by atoms with Crippen LogP contribution in [0.4, 0.5) is 0 Å². The second kappa shape index (κ2) is 19.3. The molecule has 0 aliphatic carbocycles. The summed E-state index contributed by atoms with van der Waals surface area (Å²) in [5.41, 5.74) is 0.941. The van der Waals surface area contributed by atoms with Gasteiger partial charge in [0.25, 0.3) is 0 Å². The average molecular weight is 628 g/mol. The molecule has 3 amide bonds. The highest BCUT2D eigenvalue weighted by Gasteiger charge is 2.27. The minimum atomic E-state index is -4.82. The highest BCUT2D eigenvalue weighted by molar-refractivity contribution is 7.46. The Labute approximate surface area is 252 Å². The first-order valence-corrected chi connectivity index (χ1v) is 16.4. The molecule has 0 radical (unpaired) electrons. The van der Waals surface area contributed by atoms with E-state index in [1.807, 2.05) is 29.2 Å². The molecule has 1 aliphatic heterocycles. The Morgan fingerprint density at radius 3 is 2.09 bits per heavy atom. The molecule has 0 spiro atoms. The van der Waals surface area contributed by atoms with Gasteiger partial charge in [-0.05, 0) is 43.4 Å². The molecular formula is C29H46N3O10P. The molecule has 1 aliphatic rings. The number of carbonyl (C=O) groups is 4. The molecule has 1 aromatic carbocycles. The van der Waals surface area contributed by atoms with Crippen LogP contribution in [0.3, 0.4) is 0 Å². The number of likely N-dealkylation sites (tertiary alicyclic amines) is 1. The third kappa shape index (κ3) is 15.3. The van der Waals surface area contributed by atoms with Crippen LogP contribution in [-0.2, 0) is 34.7 Å². The normalized spacial score (nSPS) is 14.6. The average Bonchev–Trinajstić information content (AvgIpc) is 2.97. The Hall–Kier alpha value is -2.99. The smallest absolute Gasteiger partial charge is 0.469 e. The number of carboxylic acid groups (broad SMARTS) is 1. The van der Waals surface area contributed by atoms with Crippen molar-refractivity contribution in [1.29, 1.82) is 0 Å². The summed E-state index contributed by atoms with van der Waals surface area (Å²) in [5.74, 6) is -1.10. The predicted molar refractivity (Wildman–Crippen MR) is 158 cm³/mol. The van der Waals surface area contributed by atoms with Gasteiger partial charge >= 0.3 is 13.8 Å². The molecule has 14 heteroatoms. The Morgan fingerprint density at radius 2 is 1.53 bits per heavy atom. The zero-order chi connectivity index (χ0) is 31.7. The summed E-state index contributed by atoms with van der Waals surface area (Å²) in [6, 6.07) is 5.95. The summed E-state index contributed by atoms with van der Waals surface area (Å²) in [5, 5.41) is 14.3. The fourth-order valence-electron chi connectivity index (χ4n) is 4.86. The van der Waals surface area contributed by atoms with Crippen LogP contribution in [0.25, 0.3) is 0 Å². The number of carbonyl (C=O) groups excluding carboxylic acids is 3. The minimum Gasteiger partial charge on any atom is -0.497 e. The van der Waals surface area contributed by atoms with Gasteiger partial charge in [0.05, 0.1) is 20.1 Å². The first-order chi connectivity index (χ1) is 20.5. The third-order valence-corrected chi connectivity index (χ3v) is 7.89. The lowest BCUT2D eigenvalue weighted by Crippen LogP contribution is -2.43. The zero-order valence-corrected chi connectivity index (χ0v) is 25.8. The lowest BCUT2D eigenvalue weighted by atomic mass is 9.95. The Morgan fingerprint density at radius 1 is 0.953 bits per heavy atom. The fourth-order valence-corrected chi connectivity index (χ4v) is 5.20. The van der Waals surface area contributed by atoms with Crippen LogP contribution in [-0.4, -0.2) is 82.9 Å². The zero-order valence-electron chi connectivity index (χ0n) is 24.9. The fraction of sp³-hybridized carbons (Fsp3) is 0.655. The van der Waals surface area contributed by atoms with Gasteiger partial charge in [0.2, 0.25) is 17.7 Å². The maximum atomic E-state index is 12.6. The van der Waals surface area contributed by atoms with E-state index in [4.69, 9.17) is 19.6 Å². The van der Waals surface area contributed by atoms with E-state index in [0.29, 0.717) is 45.3 Å². The van der Waals surface area contributed by atoms with Gasteiger partial charge in [-0.3, -0.25) is 18.9 Å². The number of hydrogen-bond acceptors (Lipinski definition) is 7. The molecule has 1 atom stereocenters. The molecule has 0 aromatic heterocycles. The molecule has 5 N–H and O–H groups in total.